The second-order valence-electron chi connectivity index (χ2n) is 15.9. The van der Waals surface area contributed by atoms with E-state index in [0.717, 1.165) is 14.7 Å². The quantitative estimate of drug-likeness (QED) is 0.113. The Morgan fingerprint density at radius 2 is 0.614 bits per heavy atom. The number of carbonyl (C=O) groups is 12. The average molecular weight is 981 g/mol. The highest BCUT2D eigenvalue weighted by Gasteiger charge is 2.36. The molecular formula is C46H68N12O12. The summed E-state index contributed by atoms with van der Waals surface area (Å²) in [6.07, 6.45) is 3.89. The summed E-state index contributed by atoms with van der Waals surface area (Å²) in [5.41, 5.74) is 36.7. The topological polar surface area (TPSA) is 380 Å². The molecule has 0 aromatic heterocycles. The van der Waals surface area contributed by atoms with Crippen LogP contribution < -0.4 is 34.4 Å². The first-order valence-electron chi connectivity index (χ1n) is 22.2. The summed E-state index contributed by atoms with van der Waals surface area (Å²) in [5.74, 6) is -2.72. The van der Waals surface area contributed by atoms with Gasteiger partial charge in [-0.3, -0.25) is 86.9 Å². The van der Waals surface area contributed by atoms with Gasteiger partial charge in [0, 0.05) is 114 Å². The Morgan fingerprint density at radius 1 is 0.329 bits per heavy atom. The van der Waals surface area contributed by atoms with Crippen LogP contribution in [0.3, 0.4) is 0 Å². The van der Waals surface area contributed by atoms with Crippen LogP contribution >= 0.6 is 0 Å². The first-order valence-corrected chi connectivity index (χ1v) is 22.2. The van der Waals surface area contributed by atoms with Crippen molar-refractivity contribution in [2.45, 2.75) is 82.1 Å². The molecule has 0 spiro atoms. The van der Waals surface area contributed by atoms with Crippen LogP contribution in [0.25, 0.3) is 0 Å². The second kappa shape index (κ2) is 27.9. The maximum Gasteiger partial charge on any atom is 0.257 e. The summed E-state index contributed by atoms with van der Waals surface area (Å²) in [4.78, 5) is 141. The van der Waals surface area contributed by atoms with Crippen LogP contribution in [-0.4, -0.2) is 166 Å². The summed E-state index contributed by atoms with van der Waals surface area (Å²) in [6.45, 7) is 19.5. The Labute approximate surface area is 407 Å². The van der Waals surface area contributed by atoms with Gasteiger partial charge in [0.2, 0.25) is 0 Å². The SMILES string of the molecule is CC1=C(C)C(=O)N(CCCN)C1=O.CC1=C(C)C(=O)N(CCN)C1=O.CC1=C(C)C(=O)N(CN)C1=O.CC1=CC(=O)N(CCN)C1=O.CC1=CC(=O)N(CN)C1=O.CCC1=C(C)C(=O)N(CCN)C1=O. The van der Waals surface area contributed by atoms with E-state index in [1.165, 1.54) is 26.9 Å². The smallest absolute Gasteiger partial charge is 0.257 e. The minimum Gasteiger partial charge on any atom is -0.330 e. The van der Waals surface area contributed by atoms with Crippen LogP contribution in [0.2, 0.25) is 0 Å². The molecule has 6 rings (SSSR count). The van der Waals surface area contributed by atoms with E-state index in [9.17, 15) is 57.5 Å². The lowest BCUT2D eigenvalue weighted by Gasteiger charge is -2.13. The predicted molar refractivity (Wildman–Crippen MR) is 255 cm³/mol. The molecule has 24 heteroatoms. The van der Waals surface area contributed by atoms with E-state index in [2.05, 4.69) is 0 Å². The van der Waals surface area contributed by atoms with Gasteiger partial charge in [-0.25, -0.2) is 0 Å². The molecule has 0 saturated heterocycles. The van der Waals surface area contributed by atoms with Gasteiger partial charge in [-0.2, -0.15) is 0 Å². The molecule has 0 fully saturated rings. The number of hydrogen-bond acceptors (Lipinski definition) is 18. The molecule has 70 heavy (non-hydrogen) atoms. The lowest BCUT2D eigenvalue weighted by atomic mass is 10.1. The van der Waals surface area contributed by atoms with Crippen molar-refractivity contribution >= 4 is 70.9 Å². The zero-order chi connectivity index (χ0) is 54.1. The maximum absolute atomic E-state index is 11.5. The summed E-state index contributed by atoms with van der Waals surface area (Å²) in [6, 6.07) is 0. The molecule has 24 nitrogen and oxygen atoms in total. The number of hydrogen-bond donors (Lipinski definition) is 6. The molecule has 12 N–H and O–H groups in total. The van der Waals surface area contributed by atoms with Gasteiger partial charge in [-0.05, 0) is 81.7 Å². The fraction of sp³-hybridized carbons (Fsp3) is 0.478. The van der Waals surface area contributed by atoms with Gasteiger partial charge in [-0.1, -0.05) is 6.92 Å². The summed E-state index contributed by atoms with van der Waals surface area (Å²) >= 11 is 0. The van der Waals surface area contributed by atoms with Crippen LogP contribution in [0.15, 0.2) is 67.9 Å². The van der Waals surface area contributed by atoms with Crippen LogP contribution in [0.4, 0.5) is 0 Å². The molecule has 6 aliphatic rings. The van der Waals surface area contributed by atoms with E-state index in [0.29, 0.717) is 121 Å². The van der Waals surface area contributed by atoms with Gasteiger partial charge in [0.15, 0.2) is 0 Å². The van der Waals surface area contributed by atoms with Crippen molar-refractivity contribution in [3.63, 3.8) is 0 Å². The van der Waals surface area contributed by atoms with Crippen LogP contribution in [0.5, 0.6) is 0 Å². The molecule has 6 aliphatic heterocycles. The first-order chi connectivity index (χ1) is 32.7. The number of carbonyl (C=O) groups excluding carboxylic acids is 12. The highest BCUT2D eigenvalue weighted by Crippen LogP contribution is 2.23. The van der Waals surface area contributed by atoms with Crippen LogP contribution in [0, 0.1) is 0 Å². The van der Waals surface area contributed by atoms with Crippen molar-refractivity contribution in [1.29, 1.82) is 0 Å². The molecule has 0 radical (unpaired) electrons. The Morgan fingerprint density at radius 3 is 0.857 bits per heavy atom. The normalized spacial score (nSPS) is 17.9. The third-order valence-electron chi connectivity index (χ3n) is 11.3. The van der Waals surface area contributed by atoms with Gasteiger partial charge >= 0.3 is 0 Å². The zero-order valence-corrected chi connectivity index (χ0v) is 41.7. The van der Waals surface area contributed by atoms with Crippen molar-refractivity contribution in [3.8, 4) is 0 Å². The Hall–Kier alpha value is -6.96. The number of nitrogens with two attached hydrogens (primary N) is 6. The fourth-order valence-corrected chi connectivity index (χ4v) is 6.69. The standard InChI is InChI=1S/2C9H14N2O2.C8H12N2O2.2C7H10N2O2.C6H8N2O2/c1-6-7(2)9(13)11(8(6)12)5-3-4-10;1-3-7-6(2)8(12)11(5-4-10)9(7)13;1-5-6(2)8(12)10(4-3-9)7(5)11;1-4-5(2)7(11)9(3-8)6(4)10;1-5-4-6(10)9(3-2-8)7(5)11;1-4-2-5(9)8(3-7)6(4)10/h2*3-5,10H2,1-2H3;3-4,9H2,1-2H3;3,8H2,1-2H3;4H,2-3,8H2,1H3;2H,3,7H2,1H3. The molecule has 0 saturated carbocycles. The molecule has 0 atom stereocenters. The number of nitrogens with zero attached hydrogens (tertiary/aromatic N) is 6. The zero-order valence-electron chi connectivity index (χ0n) is 41.7. The third-order valence-corrected chi connectivity index (χ3v) is 11.3. The summed E-state index contributed by atoms with van der Waals surface area (Å²) in [5, 5.41) is 0. The fourth-order valence-electron chi connectivity index (χ4n) is 6.69. The average Bonchev–Trinajstić information content (AvgIpc) is 3.99. The molecule has 0 bridgehead atoms. The molecule has 384 valence electrons. The van der Waals surface area contributed by atoms with E-state index in [1.807, 2.05) is 6.92 Å². The maximum atomic E-state index is 11.5. The predicted octanol–water partition coefficient (Wildman–Crippen LogP) is -2.18. The number of imide groups is 6. The lowest BCUT2D eigenvalue weighted by molar-refractivity contribution is -0.139. The Balaban J connectivity index is 0.000000421. The summed E-state index contributed by atoms with van der Waals surface area (Å²) < 4.78 is 0. The van der Waals surface area contributed by atoms with Gasteiger partial charge < -0.3 is 34.4 Å². The van der Waals surface area contributed by atoms with Crippen molar-refractivity contribution in [2.24, 2.45) is 34.4 Å². The highest BCUT2D eigenvalue weighted by atomic mass is 16.2. The third kappa shape index (κ3) is 14.3. The van der Waals surface area contributed by atoms with Crippen LogP contribution in [-0.2, 0) is 57.5 Å². The molecule has 6 heterocycles. The molecule has 0 aromatic carbocycles. The van der Waals surface area contributed by atoms with E-state index in [4.69, 9.17) is 34.4 Å². The monoisotopic (exact) mass is 981 g/mol. The van der Waals surface area contributed by atoms with Gasteiger partial charge in [0.25, 0.3) is 70.9 Å². The molecule has 0 aliphatic carbocycles. The van der Waals surface area contributed by atoms with Gasteiger partial charge in [0.1, 0.15) is 0 Å². The largest absolute Gasteiger partial charge is 0.330 e. The van der Waals surface area contributed by atoms with Crippen molar-refractivity contribution in [1.82, 2.24) is 29.4 Å². The molecular weight excluding hydrogens is 913 g/mol. The molecule has 0 aromatic rings. The Kier molecular flexibility index (Phi) is 24.3. The van der Waals surface area contributed by atoms with Gasteiger partial charge in [0.05, 0.1) is 13.3 Å². The number of amides is 12. The van der Waals surface area contributed by atoms with Gasteiger partial charge in [-0.15, -0.1) is 0 Å². The first kappa shape index (κ1) is 61.1. The minimum absolute atomic E-state index is 0.0354. The van der Waals surface area contributed by atoms with Crippen LogP contribution in [0.1, 0.15) is 82.1 Å². The molecule has 0 unspecified atom stereocenters. The van der Waals surface area contributed by atoms with E-state index in [1.54, 1.807) is 62.3 Å². The second-order valence-corrected chi connectivity index (χ2v) is 15.9. The molecule has 12 amide bonds. The lowest BCUT2D eigenvalue weighted by Crippen LogP contribution is -2.36. The van der Waals surface area contributed by atoms with E-state index < -0.39 is 0 Å². The number of rotatable bonds is 12. The minimum atomic E-state index is -0.315. The highest BCUT2D eigenvalue weighted by molar-refractivity contribution is 6.21. The van der Waals surface area contributed by atoms with E-state index >= 15 is 0 Å². The van der Waals surface area contributed by atoms with Crippen molar-refractivity contribution in [2.75, 3.05) is 65.7 Å². The van der Waals surface area contributed by atoms with E-state index in [-0.39, 0.29) is 84.2 Å². The summed E-state index contributed by atoms with van der Waals surface area (Å²) in [7, 11) is 0. The van der Waals surface area contributed by atoms with Crippen molar-refractivity contribution < 1.29 is 57.5 Å². The van der Waals surface area contributed by atoms with Crippen molar-refractivity contribution in [3.05, 3.63) is 67.9 Å². The Bertz CT molecular complexity index is 2300.